The van der Waals surface area contributed by atoms with Crippen molar-refractivity contribution in [2.45, 2.75) is 13.0 Å². The number of benzene rings is 2. The van der Waals surface area contributed by atoms with Gasteiger partial charge in [0.2, 0.25) is 0 Å². The van der Waals surface area contributed by atoms with Crippen LogP contribution < -0.4 is 5.32 Å². The molecule has 4 nitrogen and oxygen atoms in total. The van der Waals surface area contributed by atoms with Gasteiger partial charge in [-0.05, 0) is 48.4 Å². The van der Waals surface area contributed by atoms with Crippen molar-refractivity contribution in [3.05, 3.63) is 58.4 Å². The van der Waals surface area contributed by atoms with Crippen molar-refractivity contribution >= 4 is 23.3 Å². The van der Waals surface area contributed by atoms with E-state index in [0.29, 0.717) is 16.8 Å². The highest BCUT2D eigenvalue weighted by atomic mass is 35.5. The molecule has 0 heterocycles. The Morgan fingerprint density at radius 2 is 2.00 bits per heavy atom. The number of aryl methyl sites for hydroxylation is 1. The molecule has 0 aliphatic carbocycles. The largest absolute Gasteiger partial charge is 0.506 e. The molecule has 0 aromatic heterocycles. The van der Waals surface area contributed by atoms with Crippen LogP contribution in [0.15, 0.2) is 36.4 Å². The molecule has 0 saturated heterocycles. The number of phenolic OH excluding ortho intramolecular Hbond substituents is 1. The van der Waals surface area contributed by atoms with Gasteiger partial charge < -0.3 is 15.5 Å². The number of aliphatic carboxylic acids is 1. The number of aromatic hydroxyl groups is 1. The second-order valence-electron chi connectivity index (χ2n) is 4.64. The summed E-state index contributed by atoms with van der Waals surface area (Å²) in [6, 6.07) is 7.20. The topological polar surface area (TPSA) is 69.6 Å². The molecule has 0 radical (unpaired) electrons. The van der Waals surface area contributed by atoms with Crippen molar-refractivity contribution in [1.29, 1.82) is 0 Å². The third-order valence-electron chi connectivity index (χ3n) is 2.91. The van der Waals surface area contributed by atoms with Gasteiger partial charge in [0.05, 0.1) is 5.02 Å². The Labute approximate surface area is 125 Å². The van der Waals surface area contributed by atoms with Crippen LogP contribution in [0.1, 0.15) is 17.2 Å². The summed E-state index contributed by atoms with van der Waals surface area (Å²) in [5, 5.41) is 21.5. The maximum atomic E-state index is 13.4. The van der Waals surface area contributed by atoms with Gasteiger partial charge in [-0.3, -0.25) is 0 Å². The zero-order valence-electron chi connectivity index (χ0n) is 11.1. The molecular formula is C15H13ClFNO3. The molecule has 0 fully saturated rings. The van der Waals surface area contributed by atoms with Crippen LogP contribution in [0.5, 0.6) is 5.75 Å². The Hall–Kier alpha value is -2.27. The fourth-order valence-electron chi connectivity index (χ4n) is 1.98. The molecule has 0 saturated carbocycles. The molecule has 1 atom stereocenters. The monoisotopic (exact) mass is 309 g/mol. The van der Waals surface area contributed by atoms with Crippen LogP contribution in [0.2, 0.25) is 5.02 Å². The average molecular weight is 310 g/mol. The van der Waals surface area contributed by atoms with E-state index in [1.165, 1.54) is 30.3 Å². The van der Waals surface area contributed by atoms with E-state index in [0.717, 1.165) is 0 Å². The molecule has 0 bridgehead atoms. The van der Waals surface area contributed by atoms with Crippen molar-refractivity contribution in [3.63, 3.8) is 0 Å². The number of halogens is 2. The van der Waals surface area contributed by atoms with Crippen LogP contribution in [-0.2, 0) is 4.79 Å². The fraction of sp³-hybridized carbons (Fsp3) is 0.133. The Bertz CT molecular complexity index is 670. The predicted octanol–water partition coefficient (Wildman–Crippen LogP) is 3.73. The summed E-state index contributed by atoms with van der Waals surface area (Å²) in [5.41, 5.74) is 1.38. The first-order chi connectivity index (χ1) is 9.86. The zero-order valence-corrected chi connectivity index (χ0v) is 11.9. The van der Waals surface area contributed by atoms with Gasteiger partial charge in [0.15, 0.2) is 6.04 Å². The lowest BCUT2D eigenvalue weighted by molar-refractivity contribution is -0.138. The van der Waals surface area contributed by atoms with E-state index in [9.17, 15) is 19.4 Å². The number of nitrogens with one attached hydrogen (secondary N) is 1. The molecule has 0 aliphatic rings. The Morgan fingerprint density at radius 1 is 1.29 bits per heavy atom. The van der Waals surface area contributed by atoms with Crippen LogP contribution >= 0.6 is 11.6 Å². The van der Waals surface area contributed by atoms with Gasteiger partial charge in [0.25, 0.3) is 0 Å². The van der Waals surface area contributed by atoms with Crippen molar-refractivity contribution in [3.8, 4) is 5.75 Å². The first-order valence-corrected chi connectivity index (χ1v) is 6.49. The van der Waals surface area contributed by atoms with Crippen LogP contribution in [0.25, 0.3) is 0 Å². The molecule has 1 unspecified atom stereocenters. The third kappa shape index (κ3) is 3.64. The normalized spacial score (nSPS) is 12.0. The number of carbonyl (C=O) groups is 1. The van der Waals surface area contributed by atoms with E-state index >= 15 is 0 Å². The first kappa shape index (κ1) is 15.1. The van der Waals surface area contributed by atoms with Gasteiger partial charge in [-0.15, -0.1) is 0 Å². The summed E-state index contributed by atoms with van der Waals surface area (Å²) >= 11 is 5.79. The van der Waals surface area contributed by atoms with E-state index in [4.69, 9.17) is 11.6 Å². The predicted molar refractivity (Wildman–Crippen MR) is 78.3 cm³/mol. The smallest absolute Gasteiger partial charge is 0.330 e. The molecule has 110 valence electrons. The Morgan fingerprint density at radius 3 is 2.57 bits per heavy atom. The number of hydrogen-bond donors (Lipinski definition) is 3. The molecule has 21 heavy (non-hydrogen) atoms. The molecule has 3 N–H and O–H groups in total. The summed E-state index contributed by atoms with van der Waals surface area (Å²) < 4.78 is 13.4. The van der Waals surface area contributed by atoms with Crippen LogP contribution in [0.3, 0.4) is 0 Å². The summed E-state index contributed by atoms with van der Waals surface area (Å²) in [5.74, 6) is -1.73. The van der Waals surface area contributed by atoms with Crippen molar-refractivity contribution in [1.82, 2.24) is 0 Å². The third-order valence-corrected chi connectivity index (χ3v) is 3.21. The lowest BCUT2D eigenvalue weighted by Crippen LogP contribution is -2.20. The summed E-state index contributed by atoms with van der Waals surface area (Å²) in [4.78, 5) is 11.4. The van der Waals surface area contributed by atoms with Crippen LogP contribution in [0.4, 0.5) is 10.1 Å². The lowest BCUT2D eigenvalue weighted by Gasteiger charge is -2.17. The number of carboxylic acid groups (broad SMARTS) is 1. The molecule has 2 aromatic carbocycles. The maximum Gasteiger partial charge on any atom is 0.330 e. The van der Waals surface area contributed by atoms with Gasteiger partial charge in [-0.2, -0.15) is 0 Å². The second kappa shape index (κ2) is 6.01. The lowest BCUT2D eigenvalue weighted by atomic mass is 10.1. The van der Waals surface area contributed by atoms with Crippen molar-refractivity contribution < 1.29 is 19.4 Å². The number of anilines is 1. The minimum atomic E-state index is -1.14. The summed E-state index contributed by atoms with van der Waals surface area (Å²) in [6.07, 6.45) is 0. The highest BCUT2D eigenvalue weighted by Gasteiger charge is 2.21. The van der Waals surface area contributed by atoms with Crippen LogP contribution in [0, 0.1) is 12.7 Å². The van der Waals surface area contributed by atoms with Gasteiger partial charge in [0.1, 0.15) is 11.6 Å². The van der Waals surface area contributed by atoms with Gasteiger partial charge >= 0.3 is 5.97 Å². The SMILES string of the molecule is Cc1cc(F)cc(NC(C(=O)O)c2ccc(O)c(Cl)c2)c1. The Balaban J connectivity index is 2.35. The minimum Gasteiger partial charge on any atom is -0.506 e. The summed E-state index contributed by atoms with van der Waals surface area (Å²) in [7, 11) is 0. The number of phenols is 1. The maximum absolute atomic E-state index is 13.4. The molecule has 6 heteroatoms. The van der Waals surface area contributed by atoms with Gasteiger partial charge in [-0.25, -0.2) is 9.18 Å². The van der Waals surface area contributed by atoms with Crippen molar-refractivity contribution in [2.75, 3.05) is 5.32 Å². The number of carboxylic acids is 1. The quantitative estimate of drug-likeness (QED) is 0.805. The average Bonchev–Trinajstić information content (AvgIpc) is 2.38. The molecule has 2 aromatic rings. The highest BCUT2D eigenvalue weighted by molar-refractivity contribution is 6.32. The van der Waals surface area contributed by atoms with E-state index in [2.05, 4.69) is 5.32 Å². The van der Waals surface area contributed by atoms with E-state index < -0.39 is 17.8 Å². The number of hydrogen-bond acceptors (Lipinski definition) is 3. The second-order valence-corrected chi connectivity index (χ2v) is 5.05. The molecule has 0 amide bonds. The van der Waals surface area contributed by atoms with Crippen LogP contribution in [-0.4, -0.2) is 16.2 Å². The van der Waals surface area contributed by atoms with E-state index in [-0.39, 0.29) is 10.8 Å². The zero-order chi connectivity index (χ0) is 15.6. The molecule has 0 aliphatic heterocycles. The molecular weight excluding hydrogens is 297 g/mol. The summed E-state index contributed by atoms with van der Waals surface area (Å²) in [6.45, 7) is 1.71. The minimum absolute atomic E-state index is 0.0518. The van der Waals surface area contributed by atoms with Gasteiger partial charge in [0, 0.05) is 5.69 Å². The molecule has 2 rings (SSSR count). The highest BCUT2D eigenvalue weighted by Crippen LogP contribution is 2.29. The molecule has 0 spiro atoms. The van der Waals surface area contributed by atoms with E-state index in [1.807, 2.05) is 0 Å². The Kier molecular flexibility index (Phi) is 4.33. The number of rotatable bonds is 4. The fourth-order valence-corrected chi connectivity index (χ4v) is 2.17. The van der Waals surface area contributed by atoms with Gasteiger partial charge in [-0.1, -0.05) is 17.7 Å². The van der Waals surface area contributed by atoms with Crippen molar-refractivity contribution in [2.24, 2.45) is 0 Å². The standard InChI is InChI=1S/C15H13ClFNO3/c1-8-4-10(17)7-11(5-8)18-14(15(20)21)9-2-3-13(19)12(16)6-9/h2-7,14,18-19H,1H3,(H,20,21). The first-order valence-electron chi connectivity index (χ1n) is 6.12. The van der Waals surface area contributed by atoms with E-state index in [1.54, 1.807) is 13.0 Å².